The van der Waals surface area contributed by atoms with Gasteiger partial charge >= 0.3 is 0 Å². The molecule has 1 aliphatic rings. The zero-order valence-corrected chi connectivity index (χ0v) is 13.2. The summed E-state index contributed by atoms with van der Waals surface area (Å²) in [5.74, 6) is 0. The second-order valence-electron chi connectivity index (χ2n) is 5.19. The van der Waals surface area contributed by atoms with Crippen molar-refractivity contribution in [2.45, 2.75) is 6.54 Å². The SMILES string of the molecule is Clc1ccc(N2CCN(Cc3cccnc3Cl)CC2)cc1. The molecule has 1 aromatic heterocycles. The zero-order chi connectivity index (χ0) is 14.7. The molecule has 1 aromatic carbocycles. The molecule has 0 spiro atoms. The van der Waals surface area contributed by atoms with Gasteiger partial charge in [0.15, 0.2) is 0 Å². The Labute approximate surface area is 135 Å². The predicted molar refractivity (Wildman–Crippen MR) is 88.2 cm³/mol. The number of halogens is 2. The van der Waals surface area contributed by atoms with E-state index in [9.17, 15) is 0 Å². The zero-order valence-electron chi connectivity index (χ0n) is 11.7. The van der Waals surface area contributed by atoms with E-state index >= 15 is 0 Å². The summed E-state index contributed by atoms with van der Waals surface area (Å²) in [4.78, 5) is 8.93. The summed E-state index contributed by atoms with van der Waals surface area (Å²) < 4.78 is 0. The van der Waals surface area contributed by atoms with Crippen LogP contribution in [0.25, 0.3) is 0 Å². The molecule has 3 nitrogen and oxygen atoms in total. The minimum Gasteiger partial charge on any atom is -0.369 e. The third kappa shape index (κ3) is 3.67. The number of benzene rings is 1. The molecule has 5 heteroatoms. The molecule has 0 N–H and O–H groups in total. The number of anilines is 1. The molecular weight excluding hydrogens is 305 g/mol. The maximum Gasteiger partial charge on any atom is 0.133 e. The lowest BCUT2D eigenvalue weighted by atomic mass is 10.2. The predicted octanol–water partition coefficient (Wildman–Crippen LogP) is 3.71. The van der Waals surface area contributed by atoms with Gasteiger partial charge in [-0.3, -0.25) is 4.90 Å². The fourth-order valence-electron chi connectivity index (χ4n) is 2.59. The van der Waals surface area contributed by atoms with Gasteiger partial charge in [-0.15, -0.1) is 0 Å². The Balaban J connectivity index is 1.58. The Hall–Kier alpha value is -1.29. The number of hydrogen-bond acceptors (Lipinski definition) is 3. The van der Waals surface area contributed by atoms with Gasteiger partial charge in [-0.2, -0.15) is 0 Å². The molecule has 0 radical (unpaired) electrons. The van der Waals surface area contributed by atoms with Gasteiger partial charge in [-0.1, -0.05) is 29.3 Å². The third-order valence-electron chi connectivity index (χ3n) is 3.79. The van der Waals surface area contributed by atoms with Crippen molar-refractivity contribution in [3.05, 3.63) is 58.3 Å². The molecule has 1 aliphatic heterocycles. The topological polar surface area (TPSA) is 19.4 Å². The molecular formula is C16H17Cl2N3. The summed E-state index contributed by atoms with van der Waals surface area (Å²) in [6.45, 7) is 4.93. The number of aromatic nitrogens is 1. The smallest absolute Gasteiger partial charge is 0.133 e. The molecule has 1 saturated heterocycles. The quantitative estimate of drug-likeness (QED) is 0.803. The van der Waals surface area contributed by atoms with E-state index in [1.165, 1.54) is 5.69 Å². The van der Waals surface area contributed by atoms with Crippen LogP contribution in [0.4, 0.5) is 5.69 Å². The van der Waals surface area contributed by atoms with E-state index in [4.69, 9.17) is 23.2 Å². The Kier molecular flexibility index (Phi) is 4.63. The van der Waals surface area contributed by atoms with Crippen molar-refractivity contribution >= 4 is 28.9 Å². The number of pyridine rings is 1. The summed E-state index contributed by atoms with van der Waals surface area (Å²) >= 11 is 12.1. The van der Waals surface area contributed by atoms with Gasteiger partial charge in [-0.25, -0.2) is 4.98 Å². The first-order valence-corrected chi connectivity index (χ1v) is 7.80. The van der Waals surface area contributed by atoms with Crippen LogP contribution in [-0.2, 0) is 6.54 Å². The summed E-state index contributed by atoms with van der Waals surface area (Å²) in [5, 5.41) is 1.39. The van der Waals surface area contributed by atoms with Crippen LogP contribution in [0, 0.1) is 0 Å². The summed E-state index contributed by atoms with van der Waals surface area (Å²) in [7, 11) is 0. The first-order valence-electron chi connectivity index (χ1n) is 7.04. The number of nitrogens with zero attached hydrogens (tertiary/aromatic N) is 3. The van der Waals surface area contributed by atoms with Gasteiger partial charge in [0.2, 0.25) is 0 Å². The second-order valence-corrected chi connectivity index (χ2v) is 5.99. The Morgan fingerprint density at radius 2 is 1.67 bits per heavy atom. The van der Waals surface area contributed by atoms with Crippen LogP contribution in [0.3, 0.4) is 0 Å². The lowest BCUT2D eigenvalue weighted by Crippen LogP contribution is -2.46. The normalized spacial score (nSPS) is 16.2. The van der Waals surface area contributed by atoms with Crippen LogP contribution >= 0.6 is 23.2 Å². The van der Waals surface area contributed by atoms with Gasteiger partial charge in [0.25, 0.3) is 0 Å². The van der Waals surface area contributed by atoms with Crippen molar-refractivity contribution in [2.75, 3.05) is 31.1 Å². The fraction of sp³-hybridized carbons (Fsp3) is 0.312. The maximum absolute atomic E-state index is 6.12. The molecule has 21 heavy (non-hydrogen) atoms. The molecule has 110 valence electrons. The number of hydrogen-bond donors (Lipinski definition) is 0. The van der Waals surface area contributed by atoms with Gasteiger partial charge in [0.05, 0.1) is 0 Å². The average Bonchev–Trinajstić information content (AvgIpc) is 2.51. The Bertz CT molecular complexity index is 593. The van der Waals surface area contributed by atoms with E-state index in [1.54, 1.807) is 6.20 Å². The second kappa shape index (κ2) is 6.65. The van der Waals surface area contributed by atoms with Gasteiger partial charge in [0.1, 0.15) is 5.15 Å². The first-order chi connectivity index (χ1) is 10.2. The summed E-state index contributed by atoms with van der Waals surface area (Å²) in [5.41, 5.74) is 2.33. The molecule has 0 amide bonds. The Morgan fingerprint density at radius 1 is 0.952 bits per heavy atom. The highest BCUT2D eigenvalue weighted by Gasteiger charge is 2.18. The van der Waals surface area contributed by atoms with Crippen molar-refractivity contribution in [2.24, 2.45) is 0 Å². The van der Waals surface area contributed by atoms with E-state index < -0.39 is 0 Å². The monoisotopic (exact) mass is 321 g/mol. The largest absolute Gasteiger partial charge is 0.369 e. The third-order valence-corrected chi connectivity index (χ3v) is 4.39. The fourth-order valence-corrected chi connectivity index (χ4v) is 2.90. The average molecular weight is 322 g/mol. The molecule has 0 unspecified atom stereocenters. The van der Waals surface area contributed by atoms with Crippen LogP contribution in [0.2, 0.25) is 10.2 Å². The van der Waals surface area contributed by atoms with Crippen LogP contribution in [0.1, 0.15) is 5.56 Å². The van der Waals surface area contributed by atoms with Crippen LogP contribution < -0.4 is 4.90 Å². The highest BCUT2D eigenvalue weighted by molar-refractivity contribution is 6.30. The van der Waals surface area contributed by atoms with Gasteiger partial charge < -0.3 is 4.90 Å². The van der Waals surface area contributed by atoms with Crippen molar-refractivity contribution < 1.29 is 0 Å². The number of piperazine rings is 1. The molecule has 0 atom stereocenters. The standard InChI is InChI=1S/C16H17Cl2N3/c17-14-3-5-15(6-4-14)21-10-8-20(9-11-21)12-13-2-1-7-19-16(13)18/h1-7H,8-12H2. The summed E-state index contributed by atoms with van der Waals surface area (Å²) in [6, 6.07) is 12.0. The van der Waals surface area contributed by atoms with E-state index in [0.717, 1.165) is 43.3 Å². The van der Waals surface area contributed by atoms with Crippen LogP contribution in [0.5, 0.6) is 0 Å². The molecule has 1 fully saturated rings. The van der Waals surface area contributed by atoms with Gasteiger partial charge in [-0.05, 0) is 30.3 Å². The van der Waals surface area contributed by atoms with E-state index in [-0.39, 0.29) is 0 Å². The van der Waals surface area contributed by atoms with E-state index in [0.29, 0.717) is 5.15 Å². The minimum absolute atomic E-state index is 0.609. The van der Waals surface area contributed by atoms with Crippen molar-refractivity contribution in [1.82, 2.24) is 9.88 Å². The molecule has 2 heterocycles. The van der Waals surface area contributed by atoms with E-state index in [2.05, 4.69) is 26.9 Å². The van der Waals surface area contributed by atoms with Crippen molar-refractivity contribution in [3.63, 3.8) is 0 Å². The number of rotatable bonds is 3. The van der Waals surface area contributed by atoms with Crippen LogP contribution in [0.15, 0.2) is 42.6 Å². The molecule has 0 bridgehead atoms. The first kappa shape index (κ1) is 14.6. The summed E-state index contributed by atoms with van der Waals surface area (Å²) in [6.07, 6.45) is 1.73. The minimum atomic E-state index is 0.609. The molecule has 0 saturated carbocycles. The van der Waals surface area contributed by atoms with Crippen molar-refractivity contribution in [1.29, 1.82) is 0 Å². The highest BCUT2D eigenvalue weighted by Crippen LogP contribution is 2.21. The van der Waals surface area contributed by atoms with Gasteiger partial charge in [0, 0.05) is 55.2 Å². The lowest BCUT2D eigenvalue weighted by molar-refractivity contribution is 0.249. The molecule has 3 rings (SSSR count). The van der Waals surface area contributed by atoms with E-state index in [1.807, 2.05) is 24.3 Å². The highest BCUT2D eigenvalue weighted by atomic mass is 35.5. The van der Waals surface area contributed by atoms with Crippen molar-refractivity contribution in [3.8, 4) is 0 Å². The maximum atomic E-state index is 6.12. The molecule has 2 aromatic rings. The lowest BCUT2D eigenvalue weighted by Gasteiger charge is -2.36. The van der Waals surface area contributed by atoms with Crippen LogP contribution in [-0.4, -0.2) is 36.1 Å². The molecule has 0 aliphatic carbocycles. The Morgan fingerprint density at radius 3 is 2.33 bits per heavy atom.